The summed E-state index contributed by atoms with van der Waals surface area (Å²) in [6, 6.07) is 2.56. The van der Waals surface area contributed by atoms with E-state index in [1.54, 1.807) is 0 Å². The lowest BCUT2D eigenvalue weighted by Crippen LogP contribution is -2.52. The lowest BCUT2D eigenvalue weighted by atomic mass is 9.79. The van der Waals surface area contributed by atoms with Gasteiger partial charge in [-0.3, -0.25) is 9.58 Å². The van der Waals surface area contributed by atoms with Crippen molar-refractivity contribution in [2.45, 2.75) is 70.2 Å². The molecule has 1 aliphatic carbocycles. The molecule has 0 bridgehead atoms. The summed E-state index contributed by atoms with van der Waals surface area (Å²) in [6.45, 7) is 7.84. The highest BCUT2D eigenvalue weighted by Crippen LogP contribution is 2.43. The summed E-state index contributed by atoms with van der Waals surface area (Å²) in [7, 11) is 1.86. The van der Waals surface area contributed by atoms with Crippen LogP contribution in [0.15, 0.2) is 6.07 Å². The highest BCUT2D eigenvalue weighted by Gasteiger charge is 2.50. The number of aromatic nitrogens is 2. The zero-order valence-corrected chi connectivity index (χ0v) is 15.9. The van der Waals surface area contributed by atoms with Crippen molar-refractivity contribution in [3.63, 3.8) is 0 Å². The number of aliphatic hydroxyl groups is 1. The Balaban J connectivity index is 1.56. The molecule has 2 heterocycles. The Bertz CT molecular complexity index is 562. The van der Waals surface area contributed by atoms with Crippen molar-refractivity contribution in [3.05, 3.63) is 17.5 Å². The van der Waals surface area contributed by atoms with Crippen LogP contribution >= 0.6 is 0 Å². The molecule has 2 aliphatic rings. The van der Waals surface area contributed by atoms with E-state index in [-0.39, 0.29) is 18.3 Å². The Kier molecular flexibility index (Phi) is 6.15. The summed E-state index contributed by atoms with van der Waals surface area (Å²) in [4.78, 5) is 2.59. The third-order valence-corrected chi connectivity index (χ3v) is 6.02. The Hall–Kier alpha value is -0.950. The van der Waals surface area contributed by atoms with Crippen molar-refractivity contribution in [1.82, 2.24) is 14.7 Å². The Morgan fingerprint density at radius 2 is 2.16 bits per heavy atom. The van der Waals surface area contributed by atoms with E-state index < -0.39 is 0 Å². The quantitative estimate of drug-likeness (QED) is 0.775. The second kappa shape index (κ2) is 8.16. The normalized spacial score (nSPS) is 29.9. The number of fused-ring (bicyclic) bond motifs is 1. The number of aliphatic hydroxyl groups excluding tert-OH is 1. The van der Waals surface area contributed by atoms with Crippen molar-refractivity contribution in [2.24, 2.45) is 0 Å². The number of likely N-dealkylation sites (tertiary alicyclic amines) is 1. The molecule has 6 heteroatoms. The number of aryl methyl sites for hydroxylation is 3. The minimum atomic E-state index is -0.00270. The summed E-state index contributed by atoms with van der Waals surface area (Å²) in [5.74, 6) is 0. The standard InChI is InChI=1S/C19H33N3O3/c1-15-13-16(2)22(20-15)9-4-8-21-10-7-19(24-3)6-5-17(14-18(19)21)25-12-11-23/h13,17-18,23H,4-12,14H2,1-3H3/t17-,18+,19-/m1/s1. The lowest BCUT2D eigenvalue weighted by Gasteiger charge is -2.43. The van der Waals surface area contributed by atoms with Crippen molar-refractivity contribution < 1.29 is 14.6 Å². The fourth-order valence-corrected chi connectivity index (χ4v) is 4.72. The summed E-state index contributed by atoms with van der Waals surface area (Å²) in [6.07, 6.45) is 5.55. The molecule has 1 saturated heterocycles. The van der Waals surface area contributed by atoms with Crippen molar-refractivity contribution in [3.8, 4) is 0 Å². The Morgan fingerprint density at radius 1 is 1.32 bits per heavy atom. The minimum Gasteiger partial charge on any atom is -0.394 e. The molecule has 1 aliphatic heterocycles. The smallest absolute Gasteiger partial charge is 0.0847 e. The summed E-state index contributed by atoms with van der Waals surface area (Å²) in [5, 5.41) is 13.6. The van der Waals surface area contributed by atoms with Crippen LogP contribution in [0, 0.1) is 13.8 Å². The molecule has 1 aromatic heterocycles. The predicted octanol–water partition coefficient (Wildman–Crippen LogP) is 1.91. The van der Waals surface area contributed by atoms with Crippen LogP contribution in [-0.4, -0.2) is 70.9 Å². The van der Waals surface area contributed by atoms with Crippen LogP contribution in [0.4, 0.5) is 0 Å². The van der Waals surface area contributed by atoms with E-state index in [1.807, 2.05) is 14.0 Å². The third kappa shape index (κ3) is 4.08. The molecule has 6 nitrogen and oxygen atoms in total. The average Bonchev–Trinajstić information content (AvgIpc) is 3.13. The fourth-order valence-electron chi connectivity index (χ4n) is 4.72. The van der Waals surface area contributed by atoms with E-state index in [0.717, 1.165) is 57.4 Å². The van der Waals surface area contributed by atoms with Crippen LogP contribution in [0.3, 0.4) is 0 Å². The van der Waals surface area contributed by atoms with Gasteiger partial charge in [-0.1, -0.05) is 0 Å². The number of ether oxygens (including phenoxy) is 2. The van der Waals surface area contributed by atoms with Gasteiger partial charge in [-0.2, -0.15) is 5.10 Å². The van der Waals surface area contributed by atoms with Gasteiger partial charge in [0.1, 0.15) is 0 Å². The third-order valence-electron chi connectivity index (χ3n) is 6.02. The summed E-state index contributed by atoms with van der Waals surface area (Å²) >= 11 is 0. The zero-order valence-electron chi connectivity index (χ0n) is 15.9. The van der Waals surface area contributed by atoms with Crippen LogP contribution in [0.1, 0.15) is 43.5 Å². The van der Waals surface area contributed by atoms with Gasteiger partial charge in [-0.25, -0.2) is 0 Å². The SMILES string of the molecule is CO[C@@]12CC[C@@H](OCCO)C[C@@H]1N(CCCn1nc(C)cc1C)CC2. The minimum absolute atomic E-state index is 0.00270. The molecule has 1 saturated carbocycles. The first-order valence-electron chi connectivity index (χ1n) is 9.60. The monoisotopic (exact) mass is 351 g/mol. The molecule has 1 aromatic rings. The van der Waals surface area contributed by atoms with Crippen LogP contribution in [-0.2, 0) is 16.0 Å². The number of methoxy groups -OCH3 is 1. The number of nitrogens with zero attached hydrogens (tertiary/aromatic N) is 3. The molecule has 0 radical (unpaired) electrons. The molecule has 142 valence electrons. The summed E-state index contributed by atoms with van der Waals surface area (Å²) in [5.41, 5.74) is 2.32. The van der Waals surface area contributed by atoms with E-state index in [4.69, 9.17) is 14.6 Å². The first-order valence-corrected chi connectivity index (χ1v) is 9.60. The molecule has 25 heavy (non-hydrogen) atoms. The molecule has 3 atom stereocenters. The molecular formula is C19H33N3O3. The lowest BCUT2D eigenvalue weighted by molar-refractivity contribution is -0.103. The van der Waals surface area contributed by atoms with Crippen molar-refractivity contribution in [1.29, 1.82) is 0 Å². The van der Waals surface area contributed by atoms with Gasteiger partial charge in [0.15, 0.2) is 0 Å². The van der Waals surface area contributed by atoms with E-state index in [1.165, 1.54) is 5.69 Å². The highest BCUT2D eigenvalue weighted by atomic mass is 16.5. The van der Waals surface area contributed by atoms with Gasteiger partial charge in [-0.15, -0.1) is 0 Å². The van der Waals surface area contributed by atoms with E-state index in [9.17, 15) is 0 Å². The van der Waals surface area contributed by atoms with Gasteiger partial charge >= 0.3 is 0 Å². The molecular weight excluding hydrogens is 318 g/mol. The molecule has 0 aromatic carbocycles. The number of rotatable bonds is 8. The zero-order chi connectivity index (χ0) is 17.9. The van der Waals surface area contributed by atoms with Gasteiger partial charge in [0, 0.05) is 38.5 Å². The highest BCUT2D eigenvalue weighted by molar-refractivity contribution is 5.07. The summed E-state index contributed by atoms with van der Waals surface area (Å²) < 4.78 is 13.9. The molecule has 0 unspecified atom stereocenters. The van der Waals surface area contributed by atoms with Gasteiger partial charge in [0.2, 0.25) is 0 Å². The second-order valence-corrected chi connectivity index (χ2v) is 7.57. The topological polar surface area (TPSA) is 59.8 Å². The van der Waals surface area contributed by atoms with E-state index in [2.05, 4.69) is 27.7 Å². The van der Waals surface area contributed by atoms with Crippen molar-refractivity contribution in [2.75, 3.05) is 33.4 Å². The van der Waals surface area contributed by atoms with Crippen LogP contribution < -0.4 is 0 Å². The molecule has 0 amide bonds. The van der Waals surface area contributed by atoms with Gasteiger partial charge < -0.3 is 14.6 Å². The molecule has 0 spiro atoms. The number of hydrogen-bond acceptors (Lipinski definition) is 5. The maximum absolute atomic E-state index is 9.01. The maximum atomic E-state index is 9.01. The number of hydrogen-bond donors (Lipinski definition) is 1. The Morgan fingerprint density at radius 3 is 2.84 bits per heavy atom. The molecule has 1 N–H and O–H groups in total. The maximum Gasteiger partial charge on any atom is 0.0847 e. The van der Waals surface area contributed by atoms with E-state index in [0.29, 0.717) is 12.6 Å². The average molecular weight is 351 g/mol. The van der Waals surface area contributed by atoms with Crippen LogP contribution in [0.5, 0.6) is 0 Å². The van der Waals surface area contributed by atoms with E-state index >= 15 is 0 Å². The first-order chi connectivity index (χ1) is 12.1. The molecule has 3 rings (SSSR count). The second-order valence-electron chi connectivity index (χ2n) is 7.57. The van der Waals surface area contributed by atoms with Crippen LogP contribution in [0.2, 0.25) is 0 Å². The van der Waals surface area contributed by atoms with Crippen molar-refractivity contribution >= 4 is 0 Å². The van der Waals surface area contributed by atoms with Gasteiger partial charge in [0.25, 0.3) is 0 Å². The van der Waals surface area contributed by atoms with Gasteiger partial charge in [-0.05, 0) is 52.0 Å². The Labute approximate surface area is 151 Å². The molecule has 2 fully saturated rings. The first kappa shape index (κ1) is 18.8. The van der Waals surface area contributed by atoms with Gasteiger partial charge in [0.05, 0.1) is 30.6 Å². The largest absolute Gasteiger partial charge is 0.394 e. The predicted molar refractivity (Wildman–Crippen MR) is 96.7 cm³/mol. The van der Waals surface area contributed by atoms with Crippen LogP contribution in [0.25, 0.3) is 0 Å². The fraction of sp³-hybridized carbons (Fsp3) is 0.842.